The zero-order valence-electron chi connectivity index (χ0n) is 11.2. The summed E-state index contributed by atoms with van der Waals surface area (Å²) in [7, 11) is 0. The van der Waals surface area contributed by atoms with Gasteiger partial charge < -0.3 is 5.32 Å². The maximum Gasteiger partial charge on any atom is 0.252 e. The lowest BCUT2D eigenvalue weighted by Crippen LogP contribution is -2.46. The molecule has 3 rings (SSSR count). The Hall–Kier alpha value is -2.09. The summed E-state index contributed by atoms with van der Waals surface area (Å²) in [5.41, 5.74) is 3.98. The summed E-state index contributed by atoms with van der Waals surface area (Å²) in [5.74, 6) is 0.00935. The first-order chi connectivity index (χ1) is 9.07. The fourth-order valence-corrected chi connectivity index (χ4v) is 2.75. The minimum Gasteiger partial charge on any atom is -0.347 e. The van der Waals surface area contributed by atoms with Crippen LogP contribution in [0.2, 0.25) is 0 Å². The van der Waals surface area contributed by atoms with Gasteiger partial charge in [0.25, 0.3) is 5.91 Å². The molecule has 1 aliphatic heterocycles. The molecule has 1 aliphatic rings. The molecule has 0 bridgehead atoms. The second-order valence-corrected chi connectivity index (χ2v) is 5.72. The van der Waals surface area contributed by atoms with Gasteiger partial charge in [-0.15, -0.1) is 0 Å². The van der Waals surface area contributed by atoms with Crippen molar-refractivity contribution in [2.24, 2.45) is 0 Å². The average Bonchev–Trinajstić information content (AvgIpc) is 2.37. The highest BCUT2D eigenvalue weighted by Gasteiger charge is 2.27. The maximum absolute atomic E-state index is 12.4. The predicted octanol–water partition coefficient (Wildman–Crippen LogP) is 3.42. The van der Waals surface area contributed by atoms with Gasteiger partial charge in [0.05, 0.1) is 0 Å². The Kier molecular flexibility index (Phi) is 2.67. The summed E-state index contributed by atoms with van der Waals surface area (Å²) in [6.45, 7) is 4.13. The normalized spacial score (nSPS) is 16.6. The average molecular weight is 251 g/mol. The van der Waals surface area contributed by atoms with Gasteiger partial charge >= 0.3 is 0 Å². The van der Waals surface area contributed by atoms with Crippen LogP contribution in [0.1, 0.15) is 29.8 Å². The molecule has 0 saturated carbocycles. The minimum absolute atomic E-state index is 0.00935. The molecule has 0 aliphatic carbocycles. The van der Waals surface area contributed by atoms with Gasteiger partial charge in [-0.2, -0.15) is 0 Å². The van der Waals surface area contributed by atoms with Crippen molar-refractivity contribution in [2.45, 2.75) is 25.8 Å². The summed E-state index contributed by atoms with van der Waals surface area (Å²) in [4.78, 5) is 12.4. The first-order valence-electron chi connectivity index (χ1n) is 6.57. The van der Waals surface area contributed by atoms with Crippen LogP contribution < -0.4 is 5.32 Å². The summed E-state index contributed by atoms with van der Waals surface area (Å²) in [5, 5.41) is 3.12. The van der Waals surface area contributed by atoms with Crippen LogP contribution in [0.15, 0.2) is 48.5 Å². The maximum atomic E-state index is 12.4. The van der Waals surface area contributed by atoms with E-state index in [-0.39, 0.29) is 11.4 Å². The lowest BCUT2D eigenvalue weighted by molar-refractivity contribution is 0.0912. The van der Waals surface area contributed by atoms with Crippen LogP contribution in [0.5, 0.6) is 0 Å². The van der Waals surface area contributed by atoms with Crippen molar-refractivity contribution in [3.8, 4) is 11.1 Å². The number of benzene rings is 2. The zero-order chi connectivity index (χ0) is 13.5. The predicted molar refractivity (Wildman–Crippen MR) is 77.1 cm³/mol. The Morgan fingerprint density at radius 2 is 1.47 bits per heavy atom. The van der Waals surface area contributed by atoms with E-state index in [0.29, 0.717) is 0 Å². The van der Waals surface area contributed by atoms with Gasteiger partial charge in [0.2, 0.25) is 0 Å². The van der Waals surface area contributed by atoms with Gasteiger partial charge in [0.1, 0.15) is 0 Å². The molecule has 96 valence electrons. The number of carbonyl (C=O) groups is 1. The van der Waals surface area contributed by atoms with Crippen LogP contribution in [0.4, 0.5) is 0 Å². The van der Waals surface area contributed by atoms with E-state index in [2.05, 4.69) is 37.4 Å². The quantitative estimate of drug-likeness (QED) is 0.763. The van der Waals surface area contributed by atoms with Crippen LogP contribution >= 0.6 is 0 Å². The highest BCUT2D eigenvalue weighted by Crippen LogP contribution is 2.31. The summed E-state index contributed by atoms with van der Waals surface area (Å²) >= 11 is 0. The number of rotatable bonds is 0. The molecule has 0 fully saturated rings. The molecule has 1 heterocycles. The van der Waals surface area contributed by atoms with Gasteiger partial charge in [-0.1, -0.05) is 42.5 Å². The third kappa shape index (κ3) is 2.14. The third-order valence-electron chi connectivity index (χ3n) is 3.56. The molecule has 2 nitrogen and oxygen atoms in total. The molecule has 0 aromatic heterocycles. The topological polar surface area (TPSA) is 29.1 Å². The minimum atomic E-state index is -0.235. The Morgan fingerprint density at radius 1 is 0.895 bits per heavy atom. The molecular weight excluding hydrogens is 234 g/mol. The first kappa shape index (κ1) is 12.0. The highest BCUT2D eigenvalue weighted by molar-refractivity contribution is 6.02. The van der Waals surface area contributed by atoms with Crippen molar-refractivity contribution in [3.63, 3.8) is 0 Å². The Bertz CT molecular complexity index is 643. The van der Waals surface area contributed by atoms with Gasteiger partial charge in [0, 0.05) is 11.1 Å². The highest BCUT2D eigenvalue weighted by atomic mass is 16.1. The fourth-order valence-electron chi connectivity index (χ4n) is 2.75. The number of carbonyl (C=O) groups excluding carboxylic acids is 1. The SMILES string of the molecule is CC1(C)Cc2ccccc2-c2ccccc2C(=O)N1. The van der Waals surface area contributed by atoms with E-state index in [1.807, 2.05) is 30.3 Å². The van der Waals surface area contributed by atoms with E-state index in [1.165, 1.54) is 11.1 Å². The van der Waals surface area contributed by atoms with Crippen molar-refractivity contribution >= 4 is 5.91 Å². The van der Waals surface area contributed by atoms with E-state index in [0.717, 1.165) is 17.5 Å². The van der Waals surface area contributed by atoms with Gasteiger partial charge in [-0.3, -0.25) is 4.79 Å². The molecular formula is C17H17NO. The molecule has 0 atom stereocenters. The van der Waals surface area contributed by atoms with E-state index in [1.54, 1.807) is 0 Å². The van der Waals surface area contributed by atoms with E-state index in [4.69, 9.17) is 0 Å². The number of hydrogen-bond acceptors (Lipinski definition) is 1. The largest absolute Gasteiger partial charge is 0.347 e. The van der Waals surface area contributed by atoms with Crippen molar-refractivity contribution in [1.29, 1.82) is 0 Å². The Labute approximate surface area is 113 Å². The molecule has 19 heavy (non-hydrogen) atoms. The Balaban J connectivity index is 2.28. The van der Waals surface area contributed by atoms with Crippen LogP contribution in [0.3, 0.4) is 0 Å². The molecule has 0 spiro atoms. The fraction of sp³-hybridized carbons (Fsp3) is 0.235. The van der Waals surface area contributed by atoms with Crippen molar-refractivity contribution in [3.05, 3.63) is 59.7 Å². The lowest BCUT2D eigenvalue weighted by atomic mass is 9.85. The van der Waals surface area contributed by atoms with E-state index < -0.39 is 0 Å². The molecule has 2 aromatic carbocycles. The van der Waals surface area contributed by atoms with Crippen molar-refractivity contribution in [2.75, 3.05) is 0 Å². The van der Waals surface area contributed by atoms with Gasteiger partial charge in [0.15, 0.2) is 0 Å². The number of hydrogen-bond donors (Lipinski definition) is 1. The smallest absolute Gasteiger partial charge is 0.252 e. The van der Waals surface area contributed by atoms with Crippen LogP contribution in [0, 0.1) is 0 Å². The van der Waals surface area contributed by atoms with Crippen LogP contribution in [-0.4, -0.2) is 11.4 Å². The molecule has 0 saturated heterocycles. The number of nitrogens with one attached hydrogen (secondary N) is 1. The van der Waals surface area contributed by atoms with E-state index >= 15 is 0 Å². The van der Waals surface area contributed by atoms with Crippen molar-refractivity contribution < 1.29 is 4.79 Å². The zero-order valence-corrected chi connectivity index (χ0v) is 11.2. The molecule has 0 unspecified atom stereocenters. The molecule has 1 N–H and O–H groups in total. The van der Waals surface area contributed by atoms with E-state index in [9.17, 15) is 4.79 Å². The molecule has 0 radical (unpaired) electrons. The first-order valence-corrected chi connectivity index (χ1v) is 6.57. The standard InChI is InChI=1S/C17H17NO/c1-17(2)11-12-7-3-4-8-13(12)14-9-5-6-10-15(14)16(19)18-17/h3-10H,11H2,1-2H3,(H,18,19). The van der Waals surface area contributed by atoms with Gasteiger partial charge in [-0.25, -0.2) is 0 Å². The lowest BCUT2D eigenvalue weighted by Gasteiger charge is -2.30. The van der Waals surface area contributed by atoms with Crippen LogP contribution in [0.25, 0.3) is 11.1 Å². The second kappa shape index (κ2) is 4.23. The molecule has 1 amide bonds. The summed E-state index contributed by atoms with van der Waals surface area (Å²) in [6, 6.07) is 16.1. The van der Waals surface area contributed by atoms with Crippen LogP contribution in [-0.2, 0) is 6.42 Å². The summed E-state index contributed by atoms with van der Waals surface area (Å²) < 4.78 is 0. The van der Waals surface area contributed by atoms with Crippen molar-refractivity contribution in [1.82, 2.24) is 5.32 Å². The summed E-state index contributed by atoms with van der Waals surface area (Å²) in [6.07, 6.45) is 0.837. The van der Waals surface area contributed by atoms with Gasteiger partial charge in [-0.05, 0) is 43.0 Å². The Morgan fingerprint density at radius 3 is 2.21 bits per heavy atom. The second-order valence-electron chi connectivity index (χ2n) is 5.72. The number of amides is 1. The number of fused-ring (bicyclic) bond motifs is 3. The molecule has 2 heteroatoms. The third-order valence-corrected chi connectivity index (χ3v) is 3.56. The molecule has 2 aromatic rings. The monoisotopic (exact) mass is 251 g/mol.